The minimum absolute atomic E-state index is 0.00794. The minimum atomic E-state index is -4.76. The van der Waals surface area contributed by atoms with Crippen LogP contribution in [-0.4, -0.2) is 65.8 Å². The van der Waals surface area contributed by atoms with Gasteiger partial charge in [0.2, 0.25) is 10.0 Å². The summed E-state index contributed by atoms with van der Waals surface area (Å²) in [6, 6.07) is 1.52. The van der Waals surface area contributed by atoms with Gasteiger partial charge in [-0.2, -0.15) is 17.5 Å². The summed E-state index contributed by atoms with van der Waals surface area (Å²) in [4.78, 5) is 13.2. The monoisotopic (exact) mass is 391 g/mol. The lowest BCUT2D eigenvalue weighted by Gasteiger charge is -2.41. The molecule has 3 heterocycles. The summed E-state index contributed by atoms with van der Waals surface area (Å²) in [6.45, 7) is 2.05. The van der Waals surface area contributed by atoms with Crippen LogP contribution in [0.4, 0.5) is 19.0 Å². The second kappa shape index (κ2) is 6.69. The summed E-state index contributed by atoms with van der Waals surface area (Å²) in [6.07, 6.45) is -1.15. The zero-order valence-corrected chi connectivity index (χ0v) is 15.2. The van der Waals surface area contributed by atoms with Gasteiger partial charge in [-0.1, -0.05) is 6.92 Å². The number of anilines is 1. The maximum atomic E-state index is 12.6. The first-order valence-electron chi connectivity index (χ1n) is 8.14. The predicted molar refractivity (Wildman–Crippen MR) is 91.3 cm³/mol. The van der Waals surface area contributed by atoms with Crippen molar-refractivity contribution in [1.29, 1.82) is 0 Å². The number of aromatic nitrogens is 3. The van der Waals surface area contributed by atoms with Crippen LogP contribution in [0.2, 0.25) is 0 Å². The third kappa shape index (κ3) is 3.78. The van der Waals surface area contributed by atoms with Crippen molar-refractivity contribution >= 4 is 26.9 Å². The fourth-order valence-corrected chi connectivity index (χ4v) is 4.73. The lowest BCUT2D eigenvalue weighted by molar-refractivity contribution is -0.107. The molecule has 1 aliphatic rings. The Labute approximate surface area is 149 Å². The number of rotatable bonds is 4. The van der Waals surface area contributed by atoms with Crippen LogP contribution >= 0.6 is 0 Å². The topological polar surface area (TPSA) is 82.2 Å². The Balaban J connectivity index is 1.86. The van der Waals surface area contributed by atoms with Crippen molar-refractivity contribution in [3.8, 4) is 0 Å². The molecule has 0 radical (unpaired) electrons. The molecule has 1 fully saturated rings. The Morgan fingerprint density at radius 1 is 1.38 bits per heavy atom. The first-order valence-corrected chi connectivity index (χ1v) is 9.75. The van der Waals surface area contributed by atoms with Crippen molar-refractivity contribution in [3.63, 3.8) is 0 Å². The zero-order chi connectivity index (χ0) is 19.1. The quantitative estimate of drug-likeness (QED) is 0.862. The molecule has 2 aromatic rings. The molecular formula is C15H20F3N5O2S. The van der Waals surface area contributed by atoms with Gasteiger partial charge in [-0.15, -0.1) is 0 Å². The van der Waals surface area contributed by atoms with Gasteiger partial charge in [0.25, 0.3) is 0 Å². The minimum Gasteiger partial charge on any atom is -0.354 e. The number of H-pyrrole nitrogens is 1. The Hall–Kier alpha value is -1.88. The van der Waals surface area contributed by atoms with Crippen LogP contribution in [0.3, 0.4) is 0 Å². The number of piperidine rings is 1. The lowest BCUT2D eigenvalue weighted by atomic mass is 9.93. The van der Waals surface area contributed by atoms with E-state index >= 15 is 0 Å². The van der Waals surface area contributed by atoms with Gasteiger partial charge in [0.15, 0.2) is 5.75 Å². The number of hydrogen-bond donors (Lipinski definition) is 1. The van der Waals surface area contributed by atoms with Crippen molar-refractivity contribution in [2.75, 3.05) is 30.8 Å². The molecule has 11 heteroatoms. The molecule has 0 bridgehead atoms. The summed E-state index contributed by atoms with van der Waals surface area (Å²) < 4.78 is 63.0. The van der Waals surface area contributed by atoms with E-state index in [9.17, 15) is 21.6 Å². The summed E-state index contributed by atoms with van der Waals surface area (Å²) in [7, 11) is -2.63. The molecule has 0 saturated carbocycles. The van der Waals surface area contributed by atoms with E-state index in [2.05, 4.69) is 15.0 Å². The molecule has 7 nitrogen and oxygen atoms in total. The van der Waals surface area contributed by atoms with Gasteiger partial charge in [0, 0.05) is 32.4 Å². The largest absolute Gasteiger partial charge is 0.404 e. The fourth-order valence-electron chi connectivity index (χ4n) is 3.37. The SMILES string of the molecule is CC1CCN(S(=O)(=O)CC(F)(F)F)CC1N(C)c1ncnc2[nH]ccc12. The van der Waals surface area contributed by atoms with Crippen LogP contribution in [0.1, 0.15) is 13.3 Å². The number of fused-ring (bicyclic) bond motifs is 1. The van der Waals surface area contributed by atoms with E-state index in [1.165, 1.54) is 6.33 Å². The Kier molecular flexibility index (Phi) is 4.86. The van der Waals surface area contributed by atoms with Gasteiger partial charge < -0.3 is 9.88 Å². The molecule has 2 unspecified atom stereocenters. The van der Waals surface area contributed by atoms with E-state index < -0.39 is 22.0 Å². The molecule has 0 spiro atoms. The van der Waals surface area contributed by atoms with Gasteiger partial charge in [-0.25, -0.2) is 18.4 Å². The second-order valence-corrected chi connectivity index (χ2v) is 8.58. The molecule has 144 valence electrons. The Morgan fingerprint density at radius 3 is 2.81 bits per heavy atom. The number of nitrogens with zero attached hydrogens (tertiary/aromatic N) is 4. The highest BCUT2D eigenvalue weighted by molar-refractivity contribution is 7.89. The molecule has 0 amide bonds. The molecule has 2 aromatic heterocycles. The van der Waals surface area contributed by atoms with Crippen molar-refractivity contribution in [1.82, 2.24) is 19.3 Å². The van der Waals surface area contributed by atoms with Crippen LogP contribution < -0.4 is 4.90 Å². The number of sulfonamides is 1. The lowest BCUT2D eigenvalue weighted by Crippen LogP contribution is -2.54. The maximum absolute atomic E-state index is 12.6. The molecule has 1 N–H and O–H groups in total. The molecule has 26 heavy (non-hydrogen) atoms. The number of halogens is 3. The smallest absolute Gasteiger partial charge is 0.354 e. The average Bonchev–Trinajstić information content (AvgIpc) is 3.00. The molecule has 2 atom stereocenters. The Bertz CT molecular complexity index is 883. The van der Waals surface area contributed by atoms with E-state index in [-0.39, 0.29) is 25.0 Å². The van der Waals surface area contributed by atoms with Gasteiger partial charge in [-0.05, 0) is 18.4 Å². The summed E-state index contributed by atoms with van der Waals surface area (Å²) >= 11 is 0. The number of alkyl halides is 3. The molecule has 0 aromatic carbocycles. The summed E-state index contributed by atoms with van der Waals surface area (Å²) in [5.74, 6) is -1.12. The van der Waals surface area contributed by atoms with Crippen molar-refractivity contribution < 1.29 is 21.6 Å². The third-order valence-corrected chi connectivity index (χ3v) is 6.60. The molecule has 0 aliphatic carbocycles. The van der Waals surface area contributed by atoms with E-state index in [0.29, 0.717) is 17.9 Å². The van der Waals surface area contributed by atoms with Crippen LogP contribution in [0, 0.1) is 5.92 Å². The highest BCUT2D eigenvalue weighted by Gasteiger charge is 2.42. The third-order valence-electron chi connectivity index (χ3n) is 4.79. The Morgan fingerprint density at radius 2 is 2.12 bits per heavy atom. The van der Waals surface area contributed by atoms with Crippen LogP contribution in [0.15, 0.2) is 18.6 Å². The molecule has 1 aliphatic heterocycles. The van der Waals surface area contributed by atoms with E-state index in [1.54, 1.807) is 13.2 Å². The highest BCUT2D eigenvalue weighted by atomic mass is 32.2. The number of hydrogen-bond acceptors (Lipinski definition) is 5. The van der Waals surface area contributed by atoms with E-state index in [4.69, 9.17) is 0 Å². The molecule has 3 rings (SSSR count). The van der Waals surface area contributed by atoms with Crippen molar-refractivity contribution in [3.05, 3.63) is 18.6 Å². The van der Waals surface area contributed by atoms with Gasteiger partial charge in [-0.3, -0.25) is 0 Å². The van der Waals surface area contributed by atoms with Crippen LogP contribution in [-0.2, 0) is 10.0 Å². The number of nitrogens with one attached hydrogen (secondary N) is 1. The molecule has 1 saturated heterocycles. The van der Waals surface area contributed by atoms with Gasteiger partial charge in [0.05, 0.1) is 5.39 Å². The number of aromatic amines is 1. The van der Waals surface area contributed by atoms with Crippen LogP contribution in [0.25, 0.3) is 11.0 Å². The van der Waals surface area contributed by atoms with E-state index in [0.717, 1.165) is 9.69 Å². The fraction of sp³-hybridized carbons (Fsp3) is 0.600. The average molecular weight is 391 g/mol. The molecular weight excluding hydrogens is 371 g/mol. The van der Waals surface area contributed by atoms with Gasteiger partial charge >= 0.3 is 6.18 Å². The second-order valence-electron chi connectivity index (χ2n) is 6.61. The van der Waals surface area contributed by atoms with Crippen molar-refractivity contribution in [2.24, 2.45) is 5.92 Å². The predicted octanol–water partition coefficient (Wildman–Crippen LogP) is 2.00. The van der Waals surface area contributed by atoms with Crippen molar-refractivity contribution in [2.45, 2.75) is 25.6 Å². The standard InChI is InChI=1S/C15H20F3N5O2S/c1-10-4-6-23(26(24,25)8-15(16,17)18)7-12(10)22(2)14-11-3-5-19-13(11)20-9-21-14/h3,5,9-10,12H,4,6-8H2,1-2H3,(H,19,20,21). The maximum Gasteiger partial charge on any atom is 0.404 e. The van der Waals surface area contributed by atoms with Gasteiger partial charge in [0.1, 0.15) is 17.8 Å². The van der Waals surface area contributed by atoms with E-state index in [1.807, 2.05) is 17.9 Å². The highest BCUT2D eigenvalue weighted by Crippen LogP contribution is 2.30. The first kappa shape index (κ1) is 18.9. The first-order chi connectivity index (χ1) is 12.1. The summed E-state index contributed by atoms with van der Waals surface area (Å²) in [5.41, 5.74) is 0.645. The van der Waals surface area contributed by atoms with Crippen LogP contribution in [0.5, 0.6) is 0 Å². The summed E-state index contributed by atoms with van der Waals surface area (Å²) in [5, 5.41) is 0.775. The zero-order valence-electron chi connectivity index (χ0n) is 14.4. The normalized spacial score (nSPS) is 22.7. The number of likely N-dealkylation sites (N-methyl/N-ethyl adjacent to an activating group) is 1.